The van der Waals surface area contributed by atoms with E-state index in [9.17, 15) is 14.7 Å². The molecule has 0 saturated carbocycles. The van der Waals surface area contributed by atoms with Gasteiger partial charge in [0.05, 0.1) is 43.1 Å². The van der Waals surface area contributed by atoms with Crippen molar-refractivity contribution < 1.29 is 14.6 Å². The first-order valence-electron chi connectivity index (χ1n) is 8.75. The summed E-state index contributed by atoms with van der Waals surface area (Å²) in [5.41, 5.74) is 2.62. The van der Waals surface area contributed by atoms with Gasteiger partial charge in [-0.05, 0) is 35.4 Å². The predicted octanol–water partition coefficient (Wildman–Crippen LogP) is 1.42. The van der Waals surface area contributed by atoms with Crippen molar-refractivity contribution in [2.24, 2.45) is 0 Å². The van der Waals surface area contributed by atoms with E-state index in [-0.39, 0.29) is 24.1 Å². The second-order valence-corrected chi connectivity index (χ2v) is 6.45. The summed E-state index contributed by atoms with van der Waals surface area (Å²) in [6, 6.07) is 12.4. The Morgan fingerprint density at radius 1 is 1.26 bits per heavy atom. The van der Waals surface area contributed by atoms with Gasteiger partial charge in [0.1, 0.15) is 0 Å². The highest BCUT2D eigenvalue weighted by atomic mass is 16.5. The van der Waals surface area contributed by atoms with E-state index in [0.717, 1.165) is 11.1 Å². The number of hydrogen-bond donors (Lipinski definition) is 2. The number of nitrogens with one attached hydrogen (secondary N) is 1. The van der Waals surface area contributed by atoms with Crippen molar-refractivity contribution in [3.63, 3.8) is 0 Å². The molecule has 1 fully saturated rings. The van der Waals surface area contributed by atoms with Crippen LogP contribution in [-0.4, -0.2) is 58.3 Å². The third kappa shape index (κ3) is 3.34. The van der Waals surface area contributed by atoms with Gasteiger partial charge in [0.25, 0.3) is 11.5 Å². The molecule has 27 heavy (non-hydrogen) atoms. The highest BCUT2D eigenvalue weighted by Crippen LogP contribution is 2.24. The summed E-state index contributed by atoms with van der Waals surface area (Å²) in [7, 11) is 0. The van der Waals surface area contributed by atoms with Crippen LogP contribution < -0.4 is 5.56 Å². The standard InChI is InChI=1S/C20H19N3O4/c24-10-16-11-27-7-6-23(16)20(26)15-3-1-2-13(8-15)14-4-5-18-17(9-14)19(25)22-12-21-18/h1-5,8-9,12,16,24H,6-7,10-11H2,(H,21,22,25)/t16-/m0/s1. The maximum Gasteiger partial charge on any atom is 0.258 e. The zero-order valence-corrected chi connectivity index (χ0v) is 14.6. The number of morpholine rings is 1. The van der Waals surface area contributed by atoms with Crippen LogP contribution in [0.3, 0.4) is 0 Å². The average molecular weight is 365 g/mol. The van der Waals surface area contributed by atoms with E-state index in [1.807, 2.05) is 18.2 Å². The van der Waals surface area contributed by atoms with Gasteiger partial charge in [-0.25, -0.2) is 4.98 Å². The number of amides is 1. The van der Waals surface area contributed by atoms with Crippen molar-refractivity contribution in [1.29, 1.82) is 0 Å². The van der Waals surface area contributed by atoms with Crippen LogP contribution in [0.1, 0.15) is 10.4 Å². The minimum absolute atomic E-state index is 0.133. The Balaban J connectivity index is 1.69. The minimum Gasteiger partial charge on any atom is -0.394 e. The third-order valence-electron chi connectivity index (χ3n) is 4.78. The lowest BCUT2D eigenvalue weighted by Crippen LogP contribution is -2.50. The van der Waals surface area contributed by atoms with E-state index >= 15 is 0 Å². The van der Waals surface area contributed by atoms with Crippen LogP contribution in [-0.2, 0) is 4.74 Å². The summed E-state index contributed by atoms with van der Waals surface area (Å²) >= 11 is 0. The number of rotatable bonds is 3. The summed E-state index contributed by atoms with van der Waals surface area (Å²) in [5, 5.41) is 10.0. The molecule has 7 heteroatoms. The molecular formula is C20H19N3O4. The Hall–Kier alpha value is -3.03. The number of hydrogen-bond acceptors (Lipinski definition) is 5. The molecule has 0 aliphatic carbocycles. The lowest BCUT2D eigenvalue weighted by Gasteiger charge is -2.34. The number of benzene rings is 2. The van der Waals surface area contributed by atoms with Gasteiger partial charge >= 0.3 is 0 Å². The first-order valence-corrected chi connectivity index (χ1v) is 8.75. The molecule has 1 saturated heterocycles. The zero-order chi connectivity index (χ0) is 18.8. The molecule has 4 rings (SSSR count). The Bertz CT molecular complexity index is 1050. The fourth-order valence-electron chi connectivity index (χ4n) is 3.32. The van der Waals surface area contributed by atoms with Crippen LogP contribution in [0.5, 0.6) is 0 Å². The van der Waals surface area contributed by atoms with Crippen molar-refractivity contribution in [3.05, 3.63) is 64.7 Å². The Kier molecular flexibility index (Phi) is 4.70. The molecule has 0 radical (unpaired) electrons. The first-order chi connectivity index (χ1) is 13.2. The summed E-state index contributed by atoms with van der Waals surface area (Å²) in [4.78, 5) is 33.3. The molecule has 1 aliphatic heterocycles. The van der Waals surface area contributed by atoms with Crippen LogP contribution in [0.2, 0.25) is 0 Å². The zero-order valence-electron chi connectivity index (χ0n) is 14.6. The van der Waals surface area contributed by atoms with E-state index in [2.05, 4.69) is 9.97 Å². The lowest BCUT2D eigenvalue weighted by atomic mass is 10.0. The second kappa shape index (κ2) is 7.30. The van der Waals surface area contributed by atoms with Crippen molar-refractivity contribution in [1.82, 2.24) is 14.9 Å². The highest BCUT2D eigenvalue weighted by Gasteiger charge is 2.27. The molecule has 2 heterocycles. The summed E-state index contributed by atoms with van der Waals surface area (Å²) in [5.74, 6) is -0.139. The molecule has 1 aromatic heterocycles. The average Bonchev–Trinajstić information content (AvgIpc) is 2.73. The third-order valence-corrected chi connectivity index (χ3v) is 4.78. The van der Waals surface area contributed by atoms with Gasteiger partial charge in [0.2, 0.25) is 0 Å². The summed E-state index contributed by atoms with van der Waals surface area (Å²) in [6.45, 7) is 1.11. The van der Waals surface area contributed by atoms with Gasteiger partial charge in [-0.1, -0.05) is 18.2 Å². The maximum absolute atomic E-state index is 12.9. The van der Waals surface area contributed by atoms with E-state index in [0.29, 0.717) is 36.2 Å². The Morgan fingerprint density at radius 3 is 2.96 bits per heavy atom. The molecule has 7 nitrogen and oxygen atoms in total. The van der Waals surface area contributed by atoms with Crippen LogP contribution in [0.25, 0.3) is 22.0 Å². The molecule has 0 unspecified atom stereocenters. The fraction of sp³-hybridized carbons (Fsp3) is 0.250. The quantitative estimate of drug-likeness (QED) is 0.732. The van der Waals surface area contributed by atoms with E-state index in [4.69, 9.17) is 4.74 Å². The number of aromatic nitrogens is 2. The van der Waals surface area contributed by atoms with Crippen molar-refractivity contribution in [3.8, 4) is 11.1 Å². The highest BCUT2D eigenvalue weighted by molar-refractivity contribution is 5.96. The van der Waals surface area contributed by atoms with Crippen LogP contribution in [0.15, 0.2) is 53.6 Å². The van der Waals surface area contributed by atoms with Crippen molar-refractivity contribution in [2.75, 3.05) is 26.4 Å². The monoisotopic (exact) mass is 365 g/mol. The number of aromatic amines is 1. The number of carbonyl (C=O) groups is 1. The van der Waals surface area contributed by atoms with Gasteiger partial charge in [-0.15, -0.1) is 0 Å². The molecule has 3 aromatic rings. The summed E-state index contributed by atoms with van der Waals surface area (Å²) in [6.07, 6.45) is 1.38. The van der Waals surface area contributed by atoms with Crippen LogP contribution >= 0.6 is 0 Å². The number of aliphatic hydroxyl groups is 1. The van der Waals surface area contributed by atoms with Gasteiger partial charge < -0.3 is 19.7 Å². The SMILES string of the molecule is O=C(c1cccc(-c2ccc3nc[nH]c(=O)c3c2)c1)N1CCOC[C@@H]1CO. The fourth-order valence-corrected chi connectivity index (χ4v) is 3.32. The van der Waals surface area contributed by atoms with Gasteiger partial charge in [0, 0.05) is 12.1 Å². The number of H-pyrrole nitrogens is 1. The number of aliphatic hydroxyl groups excluding tert-OH is 1. The van der Waals surface area contributed by atoms with Crippen molar-refractivity contribution in [2.45, 2.75) is 6.04 Å². The molecular weight excluding hydrogens is 346 g/mol. The van der Waals surface area contributed by atoms with Crippen LogP contribution in [0.4, 0.5) is 0 Å². The Labute approximate surface area is 155 Å². The van der Waals surface area contributed by atoms with Crippen molar-refractivity contribution >= 4 is 16.8 Å². The van der Waals surface area contributed by atoms with Crippen LogP contribution in [0, 0.1) is 0 Å². The van der Waals surface area contributed by atoms with E-state index in [1.54, 1.807) is 29.2 Å². The molecule has 2 aromatic carbocycles. The lowest BCUT2D eigenvalue weighted by molar-refractivity contribution is -0.0183. The number of carbonyl (C=O) groups excluding carboxylic acids is 1. The molecule has 0 spiro atoms. The molecule has 2 N–H and O–H groups in total. The number of fused-ring (bicyclic) bond motifs is 1. The topological polar surface area (TPSA) is 95.5 Å². The van der Waals surface area contributed by atoms with Gasteiger partial charge in [-0.3, -0.25) is 9.59 Å². The largest absolute Gasteiger partial charge is 0.394 e. The Morgan fingerprint density at radius 2 is 2.11 bits per heavy atom. The maximum atomic E-state index is 12.9. The minimum atomic E-state index is -0.333. The second-order valence-electron chi connectivity index (χ2n) is 6.45. The normalized spacial score (nSPS) is 17.2. The van der Waals surface area contributed by atoms with Gasteiger partial charge in [0.15, 0.2) is 0 Å². The molecule has 1 amide bonds. The molecule has 138 valence electrons. The molecule has 1 atom stereocenters. The molecule has 0 bridgehead atoms. The smallest absolute Gasteiger partial charge is 0.258 e. The number of nitrogens with zero attached hydrogens (tertiary/aromatic N) is 2. The van der Waals surface area contributed by atoms with E-state index in [1.165, 1.54) is 6.33 Å². The summed E-state index contributed by atoms with van der Waals surface area (Å²) < 4.78 is 5.34. The number of ether oxygens (including phenoxy) is 1. The van der Waals surface area contributed by atoms with E-state index < -0.39 is 0 Å². The first kappa shape index (κ1) is 17.4. The van der Waals surface area contributed by atoms with Gasteiger partial charge in [-0.2, -0.15) is 0 Å². The predicted molar refractivity (Wildman–Crippen MR) is 101 cm³/mol. The molecule has 1 aliphatic rings.